The summed E-state index contributed by atoms with van der Waals surface area (Å²) in [4.78, 5) is 6.99. The van der Waals surface area contributed by atoms with Gasteiger partial charge in [0.25, 0.3) is 0 Å². The minimum atomic E-state index is 0.0244. The van der Waals surface area contributed by atoms with Crippen LogP contribution in [-0.2, 0) is 0 Å². The van der Waals surface area contributed by atoms with Crippen molar-refractivity contribution >= 4 is 33.3 Å². The molecule has 156 valence electrons. The lowest BCUT2D eigenvalue weighted by molar-refractivity contribution is 0.287. The zero-order valence-corrected chi connectivity index (χ0v) is 20.2. The standard InChI is InChI=1S/C24H27BrN4S/c1-15(2)14-28-23(22(27-24(28)30)21-7-5-6-12-26-21)20-13-16(3)29(17(20)4)19-10-8-18(25)9-11-19/h5-13,15,22-23H,14H2,1-4H3,(H,27,30)/t22-,23-/m1/s1. The van der Waals surface area contributed by atoms with E-state index in [1.165, 1.54) is 17.0 Å². The highest BCUT2D eigenvalue weighted by molar-refractivity contribution is 9.10. The first-order valence-electron chi connectivity index (χ1n) is 10.3. The third-order valence-electron chi connectivity index (χ3n) is 5.63. The van der Waals surface area contributed by atoms with E-state index in [1.54, 1.807) is 0 Å². The normalized spacial score (nSPS) is 18.9. The summed E-state index contributed by atoms with van der Waals surface area (Å²) in [7, 11) is 0. The Kier molecular flexibility index (Phi) is 5.98. The Hall–Kier alpha value is -2.18. The fraction of sp³-hybridized carbons (Fsp3) is 0.333. The van der Waals surface area contributed by atoms with Crippen LogP contribution >= 0.6 is 28.1 Å². The number of aryl methyl sites for hydroxylation is 1. The smallest absolute Gasteiger partial charge is 0.170 e. The van der Waals surface area contributed by atoms with Crippen molar-refractivity contribution in [3.05, 3.63) is 81.8 Å². The molecule has 1 aliphatic rings. The van der Waals surface area contributed by atoms with Gasteiger partial charge in [-0.05, 0) is 80.0 Å². The largest absolute Gasteiger partial charge is 0.352 e. The molecule has 0 unspecified atom stereocenters. The summed E-state index contributed by atoms with van der Waals surface area (Å²) < 4.78 is 3.41. The number of rotatable bonds is 5. The Morgan fingerprint density at radius 2 is 1.87 bits per heavy atom. The Labute approximate surface area is 192 Å². The molecule has 4 nitrogen and oxygen atoms in total. The van der Waals surface area contributed by atoms with Crippen LogP contribution in [0.2, 0.25) is 0 Å². The topological polar surface area (TPSA) is 33.1 Å². The highest BCUT2D eigenvalue weighted by Crippen LogP contribution is 2.41. The fourth-order valence-electron chi connectivity index (χ4n) is 4.41. The van der Waals surface area contributed by atoms with Gasteiger partial charge in [-0.25, -0.2) is 0 Å². The fourth-order valence-corrected chi connectivity index (χ4v) is 4.99. The van der Waals surface area contributed by atoms with Gasteiger partial charge in [-0.15, -0.1) is 0 Å². The van der Waals surface area contributed by atoms with Crippen molar-refractivity contribution in [2.75, 3.05) is 6.54 Å². The van der Waals surface area contributed by atoms with Gasteiger partial charge in [-0.1, -0.05) is 35.8 Å². The lowest BCUT2D eigenvalue weighted by atomic mass is 9.96. The predicted octanol–water partition coefficient (Wildman–Crippen LogP) is 5.88. The summed E-state index contributed by atoms with van der Waals surface area (Å²) in [6.45, 7) is 9.75. The summed E-state index contributed by atoms with van der Waals surface area (Å²) in [5.74, 6) is 0.504. The molecule has 1 N–H and O–H groups in total. The minimum Gasteiger partial charge on any atom is -0.352 e. The van der Waals surface area contributed by atoms with Crippen molar-refractivity contribution in [2.45, 2.75) is 39.8 Å². The molecule has 0 amide bonds. The summed E-state index contributed by atoms with van der Waals surface area (Å²) in [6, 6.07) is 17.0. The molecule has 1 saturated heterocycles. The van der Waals surface area contributed by atoms with Crippen LogP contribution in [0.1, 0.15) is 48.6 Å². The maximum atomic E-state index is 5.78. The number of benzene rings is 1. The predicted molar refractivity (Wildman–Crippen MR) is 130 cm³/mol. The number of aromatic nitrogens is 2. The van der Waals surface area contributed by atoms with Crippen LogP contribution in [0.4, 0.5) is 0 Å². The molecule has 3 aromatic rings. The molecule has 2 aromatic heterocycles. The molecule has 1 aromatic carbocycles. The van der Waals surface area contributed by atoms with Crippen molar-refractivity contribution in [2.24, 2.45) is 5.92 Å². The van der Waals surface area contributed by atoms with E-state index in [1.807, 2.05) is 18.3 Å². The third kappa shape index (κ3) is 3.91. The second-order valence-electron chi connectivity index (χ2n) is 8.31. The van der Waals surface area contributed by atoms with Gasteiger partial charge in [0.2, 0.25) is 0 Å². The van der Waals surface area contributed by atoms with E-state index in [4.69, 9.17) is 12.2 Å². The Morgan fingerprint density at radius 1 is 1.13 bits per heavy atom. The maximum Gasteiger partial charge on any atom is 0.170 e. The Balaban J connectivity index is 1.83. The first-order chi connectivity index (χ1) is 14.4. The molecule has 0 aliphatic carbocycles. The molecule has 0 saturated carbocycles. The average molecular weight is 483 g/mol. The van der Waals surface area contributed by atoms with Crippen LogP contribution in [-0.4, -0.2) is 26.1 Å². The third-order valence-corrected chi connectivity index (χ3v) is 6.51. The van der Waals surface area contributed by atoms with Crippen LogP contribution < -0.4 is 5.32 Å². The molecule has 0 spiro atoms. The number of halogens is 1. The zero-order valence-electron chi connectivity index (χ0n) is 17.8. The number of hydrogen-bond donors (Lipinski definition) is 1. The number of nitrogens with zero attached hydrogens (tertiary/aromatic N) is 3. The van der Waals surface area contributed by atoms with Crippen molar-refractivity contribution in [1.82, 2.24) is 19.8 Å². The molecule has 0 radical (unpaired) electrons. The number of nitrogens with one attached hydrogen (secondary N) is 1. The van der Waals surface area contributed by atoms with Crippen molar-refractivity contribution in [3.8, 4) is 5.69 Å². The summed E-state index contributed by atoms with van der Waals surface area (Å²) in [5, 5.41) is 4.36. The molecule has 1 aliphatic heterocycles. The molecule has 6 heteroatoms. The van der Waals surface area contributed by atoms with Gasteiger partial charge >= 0.3 is 0 Å². The van der Waals surface area contributed by atoms with Gasteiger partial charge < -0.3 is 14.8 Å². The van der Waals surface area contributed by atoms with Gasteiger partial charge in [-0.2, -0.15) is 0 Å². The monoisotopic (exact) mass is 482 g/mol. The zero-order chi connectivity index (χ0) is 21.4. The summed E-state index contributed by atoms with van der Waals surface area (Å²) >= 11 is 9.32. The SMILES string of the molecule is Cc1cc([C@@H]2[C@@H](c3ccccn3)NC(=S)N2CC(C)C)c(C)n1-c1ccc(Br)cc1. The van der Waals surface area contributed by atoms with E-state index in [0.29, 0.717) is 5.92 Å². The van der Waals surface area contributed by atoms with Crippen molar-refractivity contribution < 1.29 is 0 Å². The number of pyridine rings is 1. The van der Waals surface area contributed by atoms with Gasteiger partial charge in [0, 0.05) is 34.3 Å². The van der Waals surface area contributed by atoms with E-state index < -0.39 is 0 Å². The molecular weight excluding hydrogens is 456 g/mol. The van der Waals surface area contributed by atoms with Crippen LogP contribution in [0.15, 0.2) is 59.2 Å². The first kappa shape index (κ1) is 21.1. The van der Waals surface area contributed by atoms with Gasteiger partial charge in [0.15, 0.2) is 5.11 Å². The van der Waals surface area contributed by atoms with E-state index >= 15 is 0 Å². The average Bonchev–Trinajstić information content (AvgIpc) is 3.19. The minimum absolute atomic E-state index is 0.0244. The Morgan fingerprint density at radius 3 is 2.50 bits per heavy atom. The van der Waals surface area contributed by atoms with Crippen molar-refractivity contribution in [3.63, 3.8) is 0 Å². The highest BCUT2D eigenvalue weighted by atomic mass is 79.9. The van der Waals surface area contributed by atoms with Crippen LogP contribution in [0.25, 0.3) is 5.69 Å². The van der Waals surface area contributed by atoms with Crippen LogP contribution in [0, 0.1) is 19.8 Å². The summed E-state index contributed by atoms with van der Waals surface area (Å²) in [6.07, 6.45) is 1.85. The Bertz CT molecular complexity index is 1040. The van der Waals surface area contributed by atoms with Crippen molar-refractivity contribution in [1.29, 1.82) is 0 Å². The van der Waals surface area contributed by atoms with Gasteiger partial charge in [0.1, 0.15) is 0 Å². The number of thiocarbonyl (C=S) groups is 1. The molecule has 3 heterocycles. The van der Waals surface area contributed by atoms with E-state index in [2.05, 4.69) is 99.8 Å². The van der Waals surface area contributed by atoms with Crippen LogP contribution in [0.5, 0.6) is 0 Å². The second kappa shape index (κ2) is 8.52. The molecule has 2 atom stereocenters. The van der Waals surface area contributed by atoms with E-state index in [0.717, 1.165) is 27.5 Å². The van der Waals surface area contributed by atoms with Gasteiger partial charge in [-0.3, -0.25) is 4.98 Å². The van der Waals surface area contributed by atoms with E-state index in [9.17, 15) is 0 Å². The highest BCUT2D eigenvalue weighted by Gasteiger charge is 2.41. The first-order valence-corrected chi connectivity index (χ1v) is 11.5. The maximum absolute atomic E-state index is 5.78. The van der Waals surface area contributed by atoms with Crippen LogP contribution in [0.3, 0.4) is 0 Å². The molecule has 0 bridgehead atoms. The number of hydrogen-bond acceptors (Lipinski definition) is 2. The molecule has 1 fully saturated rings. The second-order valence-corrected chi connectivity index (χ2v) is 9.61. The lowest BCUT2D eigenvalue weighted by Crippen LogP contribution is -2.33. The molecule has 30 heavy (non-hydrogen) atoms. The molecule has 4 rings (SSSR count). The van der Waals surface area contributed by atoms with Gasteiger partial charge in [0.05, 0.1) is 17.8 Å². The summed E-state index contributed by atoms with van der Waals surface area (Å²) in [5.41, 5.74) is 5.93. The molecular formula is C24H27BrN4S. The van der Waals surface area contributed by atoms with E-state index in [-0.39, 0.29) is 12.1 Å². The quantitative estimate of drug-likeness (QED) is 0.460. The lowest BCUT2D eigenvalue weighted by Gasteiger charge is -2.29.